The van der Waals surface area contributed by atoms with Crippen LogP contribution >= 0.6 is 11.8 Å². The lowest BCUT2D eigenvalue weighted by Gasteiger charge is -2.44. The van der Waals surface area contributed by atoms with E-state index in [9.17, 15) is 9.18 Å². The Bertz CT molecular complexity index is 822. The monoisotopic (exact) mass is 388 g/mol. The number of nitrogens with zero attached hydrogens (tertiary/aromatic N) is 4. The maximum absolute atomic E-state index is 14.0. The number of piperidine rings is 1. The van der Waals surface area contributed by atoms with Crippen LogP contribution in [0.1, 0.15) is 38.5 Å². The summed E-state index contributed by atoms with van der Waals surface area (Å²) in [5.41, 5.74) is 0.423. The molecule has 144 valence electrons. The van der Waals surface area contributed by atoms with E-state index in [4.69, 9.17) is 0 Å². The molecule has 2 aromatic rings. The summed E-state index contributed by atoms with van der Waals surface area (Å²) >= 11 is 1.39. The number of thioether (sulfide) groups is 1. The first-order valence-corrected chi connectivity index (χ1v) is 10.7. The second kappa shape index (κ2) is 8.00. The number of fused-ring (bicyclic) bond motifs is 1. The van der Waals surface area contributed by atoms with E-state index in [1.54, 1.807) is 22.8 Å². The zero-order chi connectivity index (χ0) is 18.8. The fourth-order valence-electron chi connectivity index (χ4n) is 4.46. The second-order valence-corrected chi connectivity index (χ2v) is 8.42. The van der Waals surface area contributed by atoms with E-state index >= 15 is 0 Å². The van der Waals surface area contributed by atoms with Crippen LogP contribution in [0.3, 0.4) is 0 Å². The minimum atomic E-state index is -0.322. The molecule has 1 amide bonds. The van der Waals surface area contributed by atoms with Gasteiger partial charge in [0.15, 0.2) is 11.0 Å². The first kappa shape index (κ1) is 18.5. The van der Waals surface area contributed by atoms with Crippen LogP contribution in [0.25, 0.3) is 11.4 Å². The number of hydrogen-bond donors (Lipinski definition) is 0. The fourth-order valence-corrected chi connectivity index (χ4v) is 5.26. The van der Waals surface area contributed by atoms with Crippen molar-refractivity contribution in [2.24, 2.45) is 13.0 Å². The molecule has 0 N–H and O–H groups in total. The minimum Gasteiger partial charge on any atom is -0.339 e. The summed E-state index contributed by atoms with van der Waals surface area (Å²) in [5, 5.41) is 8.94. The number of halogens is 1. The molecule has 2 fully saturated rings. The molecule has 1 aliphatic carbocycles. The Morgan fingerprint density at radius 3 is 2.81 bits per heavy atom. The Morgan fingerprint density at radius 1 is 1.19 bits per heavy atom. The fraction of sp³-hybridized carbons (Fsp3) is 0.550. The molecular formula is C20H25FN4OS. The predicted octanol–water partition coefficient (Wildman–Crippen LogP) is 3.89. The van der Waals surface area contributed by atoms with Gasteiger partial charge in [-0.3, -0.25) is 4.79 Å². The van der Waals surface area contributed by atoms with Gasteiger partial charge in [-0.25, -0.2) is 4.39 Å². The van der Waals surface area contributed by atoms with Gasteiger partial charge in [0, 0.05) is 19.6 Å². The molecule has 2 atom stereocenters. The molecule has 4 rings (SSSR count). The molecule has 27 heavy (non-hydrogen) atoms. The molecule has 5 nitrogen and oxygen atoms in total. The molecule has 0 radical (unpaired) electrons. The largest absolute Gasteiger partial charge is 0.339 e. The maximum atomic E-state index is 14.0. The van der Waals surface area contributed by atoms with Gasteiger partial charge in [-0.15, -0.1) is 10.2 Å². The van der Waals surface area contributed by atoms with Gasteiger partial charge in [-0.1, -0.05) is 36.7 Å². The molecule has 2 aliphatic rings. The molecular weight excluding hydrogens is 363 g/mol. The van der Waals surface area contributed by atoms with Gasteiger partial charge < -0.3 is 9.47 Å². The van der Waals surface area contributed by atoms with Crippen LogP contribution in [0.2, 0.25) is 0 Å². The Morgan fingerprint density at radius 2 is 1.96 bits per heavy atom. The Balaban J connectivity index is 1.43. The van der Waals surface area contributed by atoms with Crippen molar-refractivity contribution in [3.8, 4) is 11.4 Å². The highest BCUT2D eigenvalue weighted by atomic mass is 32.2. The van der Waals surface area contributed by atoms with Crippen molar-refractivity contribution in [3.05, 3.63) is 30.1 Å². The molecule has 1 saturated heterocycles. The summed E-state index contributed by atoms with van der Waals surface area (Å²) in [6, 6.07) is 6.96. The van der Waals surface area contributed by atoms with Crippen LogP contribution in [0, 0.1) is 11.7 Å². The molecule has 2 heterocycles. The van der Waals surface area contributed by atoms with Gasteiger partial charge >= 0.3 is 0 Å². The number of amides is 1. The van der Waals surface area contributed by atoms with Gasteiger partial charge in [-0.05, 0) is 43.7 Å². The maximum Gasteiger partial charge on any atom is 0.233 e. The molecule has 0 spiro atoms. The van der Waals surface area contributed by atoms with Crippen molar-refractivity contribution in [1.29, 1.82) is 0 Å². The Hall–Kier alpha value is -1.89. The lowest BCUT2D eigenvalue weighted by molar-refractivity contribution is -0.134. The van der Waals surface area contributed by atoms with E-state index < -0.39 is 0 Å². The summed E-state index contributed by atoms with van der Waals surface area (Å²) in [6.45, 7) is 0.875. The standard InChI is InChI=1S/C20H25FN4OS/c1-24-19(15-9-3-4-10-16(15)21)22-23-20(24)27-13-18(26)25-12-6-8-14-7-2-5-11-17(14)25/h3-4,9-10,14,17H,2,5-8,11-13H2,1H3. The highest BCUT2D eigenvalue weighted by molar-refractivity contribution is 7.99. The van der Waals surface area contributed by atoms with E-state index in [1.807, 2.05) is 7.05 Å². The summed E-state index contributed by atoms with van der Waals surface area (Å²) in [6.07, 6.45) is 7.30. The van der Waals surface area contributed by atoms with Gasteiger partial charge in [-0.2, -0.15) is 0 Å². The SMILES string of the molecule is Cn1c(SCC(=O)N2CCCC3CCCCC32)nnc1-c1ccccc1F. The molecule has 1 aromatic heterocycles. The molecule has 2 unspecified atom stereocenters. The smallest absolute Gasteiger partial charge is 0.233 e. The van der Waals surface area contributed by atoms with Crippen LogP contribution in [0.4, 0.5) is 4.39 Å². The molecule has 1 aliphatic heterocycles. The van der Waals surface area contributed by atoms with E-state index in [0.29, 0.717) is 34.3 Å². The third-order valence-corrected chi connectivity index (χ3v) is 6.84. The molecule has 1 aromatic carbocycles. The van der Waals surface area contributed by atoms with Crippen molar-refractivity contribution in [1.82, 2.24) is 19.7 Å². The van der Waals surface area contributed by atoms with E-state index in [0.717, 1.165) is 19.4 Å². The average molecular weight is 389 g/mol. The van der Waals surface area contributed by atoms with Crippen LogP contribution in [0.15, 0.2) is 29.4 Å². The number of carbonyl (C=O) groups is 1. The van der Waals surface area contributed by atoms with Crippen molar-refractivity contribution in [3.63, 3.8) is 0 Å². The minimum absolute atomic E-state index is 0.187. The number of rotatable bonds is 4. The Labute approximate surface area is 163 Å². The third-order valence-electron chi connectivity index (χ3n) is 5.84. The first-order chi connectivity index (χ1) is 13.1. The summed E-state index contributed by atoms with van der Waals surface area (Å²) in [5.74, 6) is 1.38. The van der Waals surface area contributed by atoms with Crippen molar-refractivity contribution in [2.75, 3.05) is 12.3 Å². The van der Waals surface area contributed by atoms with Gasteiger partial charge in [0.2, 0.25) is 5.91 Å². The lowest BCUT2D eigenvalue weighted by Crippen LogP contribution is -2.50. The number of aromatic nitrogens is 3. The van der Waals surface area contributed by atoms with Gasteiger partial charge in [0.1, 0.15) is 5.82 Å². The van der Waals surface area contributed by atoms with Crippen LogP contribution in [-0.4, -0.2) is 43.9 Å². The zero-order valence-corrected chi connectivity index (χ0v) is 16.4. The molecule has 7 heteroatoms. The number of carbonyl (C=O) groups excluding carboxylic acids is 1. The van der Waals surface area contributed by atoms with E-state index in [-0.39, 0.29) is 11.7 Å². The topological polar surface area (TPSA) is 51.0 Å². The van der Waals surface area contributed by atoms with Gasteiger partial charge in [0.25, 0.3) is 0 Å². The van der Waals surface area contributed by atoms with Crippen molar-refractivity contribution < 1.29 is 9.18 Å². The van der Waals surface area contributed by atoms with Crippen LogP contribution < -0.4 is 0 Å². The lowest BCUT2D eigenvalue weighted by atomic mass is 9.78. The summed E-state index contributed by atoms with van der Waals surface area (Å²) in [7, 11) is 1.81. The van der Waals surface area contributed by atoms with E-state index in [2.05, 4.69) is 15.1 Å². The highest BCUT2D eigenvalue weighted by Gasteiger charge is 2.35. The van der Waals surface area contributed by atoms with Gasteiger partial charge in [0.05, 0.1) is 11.3 Å². The predicted molar refractivity (Wildman–Crippen MR) is 104 cm³/mol. The second-order valence-electron chi connectivity index (χ2n) is 7.47. The third kappa shape index (κ3) is 3.74. The normalized spacial score (nSPS) is 22.5. The highest BCUT2D eigenvalue weighted by Crippen LogP contribution is 2.35. The zero-order valence-electron chi connectivity index (χ0n) is 15.6. The number of benzene rings is 1. The summed E-state index contributed by atoms with van der Waals surface area (Å²) < 4.78 is 15.8. The summed E-state index contributed by atoms with van der Waals surface area (Å²) in [4.78, 5) is 15.0. The quantitative estimate of drug-likeness (QED) is 0.746. The Kier molecular flexibility index (Phi) is 5.48. The molecule has 1 saturated carbocycles. The van der Waals surface area contributed by atoms with Crippen LogP contribution in [0.5, 0.6) is 0 Å². The molecule has 0 bridgehead atoms. The first-order valence-electron chi connectivity index (χ1n) is 9.71. The van der Waals surface area contributed by atoms with Crippen molar-refractivity contribution >= 4 is 17.7 Å². The van der Waals surface area contributed by atoms with Crippen LogP contribution in [-0.2, 0) is 11.8 Å². The van der Waals surface area contributed by atoms with E-state index in [1.165, 1.54) is 43.5 Å². The number of likely N-dealkylation sites (tertiary alicyclic amines) is 1. The average Bonchev–Trinajstić information content (AvgIpc) is 3.06. The number of hydrogen-bond acceptors (Lipinski definition) is 4. The van der Waals surface area contributed by atoms with Crippen molar-refractivity contribution in [2.45, 2.75) is 49.7 Å².